The number of aromatic nitrogens is 3. The third-order valence-corrected chi connectivity index (χ3v) is 4.85. The van der Waals surface area contributed by atoms with E-state index in [1.165, 1.54) is 11.8 Å². The molecule has 124 valence electrons. The number of Topliss-reactive ketones (excluding diaryl/α,β-unsaturated/α-hetero) is 1. The summed E-state index contributed by atoms with van der Waals surface area (Å²) in [5, 5.41) is 9.69. The first kappa shape index (κ1) is 16.9. The molecule has 0 atom stereocenters. The molecule has 0 saturated carbocycles. The van der Waals surface area contributed by atoms with Crippen LogP contribution in [0, 0.1) is 25.2 Å². The van der Waals surface area contributed by atoms with Crippen molar-refractivity contribution >= 4 is 17.5 Å². The lowest BCUT2D eigenvalue weighted by atomic mass is 10.2. The lowest BCUT2D eigenvalue weighted by Gasteiger charge is -2.08. The van der Waals surface area contributed by atoms with Gasteiger partial charge in [0.15, 0.2) is 5.78 Å². The van der Waals surface area contributed by atoms with Crippen LogP contribution in [-0.4, -0.2) is 26.1 Å². The van der Waals surface area contributed by atoms with Crippen LogP contribution >= 0.6 is 11.8 Å². The van der Waals surface area contributed by atoms with Crippen molar-refractivity contribution in [2.24, 2.45) is 0 Å². The minimum Gasteiger partial charge on any atom is -0.302 e. The zero-order chi connectivity index (χ0) is 17.8. The molecule has 6 heteroatoms. The van der Waals surface area contributed by atoms with Gasteiger partial charge in [0.2, 0.25) is 0 Å². The number of carbonyl (C=O) groups is 1. The second-order valence-corrected chi connectivity index (χ2v) is 6.45. The van der Waals surface area contributed by atoms with E-state index in [2.05, 4.69) is 16.0 Å². The normalized spacial score (nSPS) is 10.4. The van der Waals surface area contributed by atoms with Crippen molar-refractivity contribution in [2.75, 3.05) is 5.75 Å². The Labute approximate surface area is 150 Å². The maximum absolute atomic E-state index is 12.7. The van der Waals surface area contributed by atoms with Crippen molar-refractivity contribution in [3.8, 4) is 11.9 Å². The first-order valence-corrected chi connectivity index (χ1v) is 8.72. The Balaban J connectivity index is 1.83. The third-order valence-electron chi connectivity index (χ3n) is 3.84. The molecule has 0 aromatic carbocycles. The van der Waals surface area contributed by atoms with Gasteiger partial charge in [0.1, 0.15) is 16.9 Å². The maximum Gasteiger partial charge on any atom is 0.174 e. The Morgan fingerprint density at radius 3 is 2.72 bits per heavy atom. The summed E-state index contributed by atoms with van der Waals surface area (Å²) in [5.41, 5.74) is 2.98. The minimum absolute atomic E-state index is 0.00910. The molecule has 0 saturated heterocycles. The van der Waals surface area contributed by atoms with Crippen molar-refractivity contribution in [3.05, 3.63) is 71.3 Å². The molecule has 0 aliphatic rings. The summed E-state index contributed by atoms with van der Waals surface area (Å²) in [7, 11) is 0. The topological polar surface area (TPSA) is 71.6 Å². The van der Waals surface area contributed by atoms with Gasteiger partial charge in [-0.1, -0.05) is 17.8 Å². The van der Waals surface area contributed by atoms with Gasteiger partial charge in [-0.25, -0.2) is 9.97 Å². The highest BCUT2D eigenvalue weighted by atomic mass is 32.2. The van der Waals surface area contributed by atoms with Crippen LogP contribution < -0.4 is 0 Å². The highest BCUT2D eigenvalue weighted by Gasteiger charge is 2.18. The van der Waals surface area contributed by atoms with Crippen LogP contribution in [0.3, 0.4) is 0 Å². The van der Waals surface area contributed by atoms with Gasteiger partial charge in [0.25, 0.3) is 0 Å². The van der Waals surface area contributed by atoms with E-state index < -0.39 is 0 Å². The van der Waals surface area contributed by atoms with E-state index in [1.807, 2.05) is 42.7 Å². The fourth-order valence-corrected chi connectivity index (χ4v) is 3.51. The molecule has 3 aromatic rings. The van der Waals surface area contributed by atoms with Gasteiger partial charge in [-0.3, -0.25) is 4.79 Å². The van der Waals surface area contributed by atoms with Crippen molar-refractivity contribution < 1.29 is 4.79 Å². The number of nitriles is 1. The molecule has 3 heterocycles. The Morgan fingerprint density at radius 1 is 1.20 bits per heavy atom. The Hall–Kier alpha value is -2.91. The Bertz CT molecular complexity index is 957. The summed E-state index contributed by atoms with van der Waals surface area (Å²) in [4.78, 5) is 21.2. The molecular weight excluding hydrogens is 332 g/mol. The van der Waals surface area contributed by atoms with Crippen LogP contribution in [0.2, 0.25) is 0 Å². The summed E-state index contributed by atoms with van der Waals surface area (Å²) in [6.45, 7) is 3.87. The highest BCUT2D eigenvalue weighted by molar-refractivity contribution is 8.00. The number of nitrogens with zero attached hydrogens (tertiary/aromatic N) is 4. The fourth-order valence-electron chi connectivity index (χ4n) is 2.69. The number of aryl methyl sites for hydroxylation is 1. The average Bonchev–Trinajstić information content (AvgIpc) is 2.95. The molecule has 3 aromatic heterocycles. The molecule has 0 N–H and O–H groups in total. The van der Waals surface area contributed by atoms with E-state index in [-0.39, 0.29) is 11.5 Å². The van der Waals surface area contributed by atoms with Crippen LogP contribution in [0.15, 0.2) is 53.8 Å². The second kappa shape index (κ2) is 7.32. The van der Waals surface area contributed by atoms with E-state index in [0.717, 1.165) is 17.2 Å². The van der Waals surface area contributed by atoms with Crippen molar-refractivity contribution in [3.63, 3.8) is 0 Å². The van der Waals surface area contributed by atoms with Crippen LogP contribution in [0.5, 0.6) is 0 Å². The van der Waals surface area contributed by atoms with Crippen molar-refractivity contribution in [1.82, 2.24) is 14.5 Å². The Kier molecular flexibility index (Phi) is 4.96. The Morgan fingerprint density at radius 2 is 2.00 bits per heavy atom. The summed E-state index contributed by atoms with van der Waals surface area (Å²) >= 11 is 1.29. The number of pyridine rings is 2. The summed E-state index contributed by atoms with van der Waals surface area (Å²) < 4.78 is 1.97. The minimum atomic E-state index is 0.00910. The van der Waals surface area contributed by atoms with Gasteiger partial charge in [0.05, 0.1) is 11.3 Å². The van der Waals surface area contributed by atoms with E-state index in [0.29, 0.717) is 16.2 Å². The van der Waals surface area contributed by atoms with Crippen LogP contribution in [-0.2, 0) is 0 Å². The number of carbonyl (C=O) groups excluding carboxylic acids is 1. The molecule has 3 rings (SSSR count). The molecular formula is C19H16N4OS. The number of hydrogen-bond acceptors (Lipinski definition) is 5. The van der Waals surface area contributed by atoms with Crippen LogP contribution in [0.4, 0.5) is 0 Å². The average molecular weight is 348 g/mol. The monoisotopic (exact) mass is 348 g/mol. The zero-order valence-corrected chi connectivity index (χ0v) is 14.7. The molecule has 0 aliphatic carbocycles. The molecule has 0 aliphatic heterocycles. The standard InChI is InChI=1S/C19H16N4OS/c1-13-10-16(14(2)23(13)18-7-3-4-8-21-18)17(24)12-25-19-15(11-20)6-5-9-22-19/h3-10H,12H2,1-2H3. The van der Waals surface area contributed by atoms with Crippen LogP contribution in [0.1, 0.15) is 27.3 Å². The third kappa shape index (κ3) is 3.47. The lowest BCUT2D eigenvalue weighted by Crippen LogP contribution is -2.06. The molecule has 25 heavy (non-hydrogen) atoms. The lowest BCUT2D eigenvalue weighted by molar-refractivity contribution is 0.102. The first-order valence-electron chi connectivity index (χ1n) is 7.73. The largest absolute Gasteiger partial charge is 0.302 e. The predicted molar refractivity (Wildman–Crippen MR) is 97.0 cm³/mol. The van der Waals surface area contributed by atoms with E-state index in [9.17, 15) is 4.79 Å². The highest BCUT2D eigenvalue weighted by Crippen LogP contribution is 2.24. The van der Waals surface area contributed by atoms with Gasteiger partial charge >= 0.3 is 0 Å². The quantitative estimate of drug-likeness (QED) is 0.519. The van der Waals surface area contributed by atoms with Gasteiger partial charge in [-0.05, 0) is 44.2 Å². The van der Waals surface area contributed by atoms with Gasteiger partial charge < -0.3 is 4.57 Å². The number of rotatable bonds is 5. The number of hydrogen-bond donors (Lipinski definition) is 0. The van der Waals surface area contributed by atoms with Gasteiger partial charge in [0, 0.05) is 29.3 Å². The SMILES string of the molecule is Cc1cc(C(=O)CSc2ncccc2C#N)c(C)n1-c1ccccn1. The van der Waals surface area contributed by atoms with Gasteiger partial charge in [-0.2, -0.15) is 5.26 Å². The molecule has 5 nitrogen and oxygen atoms in total. The van der Waals surface area contributed by atoms with Crippen molar-refractivity contribution in [1.29, 1.82) is 5.26 Å². The maximum atomic E-state index is 12.7. The smallest absolute Gasteiger partial charge is 0.174 e. The molecule has 0 radical (unpaired) electrons. The van der Waals surface area contributed by atoms with E-state index >= 15 is 0 Å². The van der Waals surface area contributed by atoms with Gasteiger partial charge in [-0.15, -0.1) is 0 Å². The predicted octanol–water partition coefficient (Wildman–Crippen LogP) is 3.73. The van der Waals surface area contributed by atoms with E-state index in [1.54, 1.807) is 24.5 Å². The van der Waals surface area contributed by atoms with Crippen LogP contribution in [0.25, 0.3) is 5.82 Å². The molecule has 0 amide bonds. The fraction of sp³-hybridized carbons (Fsp3) is 0.158. The van der Waals surface area contributed by atoms with E-state index in [4.69, 9.17) is 5.26 Å². The van der Waals surface area contributed by atoms with Crippen molar-refractivity contribution in [2.45, 2.75) is 18.9 Å². The number of ketones is 1. The molecule has 0 spiro atoms. The zero-order valence-electron chi connectivity index (χ0n) is 13.9. The summed E-state index contributed by atoms with van der Waals surface area (Å²) in [6, 6.07) is 13.1. The molecule has 0 bridgehead atoms. The number of thioether (sulfide) groups is 1. The molecule has 0 fully saturated rings. The summed E-state index contributed by atoms with van der Waals surface area (Å²) in [6.07, 6.45) is 3.36. The second-order valence-electron chi connectivity index (χ2n) is 5.49. The summed E-state index contributed by atoms with van der Waals surface area (Å²) in [5.74, 6) is 1.04. The molecule has 0 unspecified atom stereocenters. The first-order chi connectivity index (χ1) is 12.1.